The molecule has 1 saturated carbocycles. The summed E-state index contributed by atoms with van der Waals surface area (Å²) >= 11 is 0. The van der Waals surface area contributed by atoms with Gasteiger partial charge in [0.15, 0.2) is 0 Å². The molecule has 1 saturated heterocycles. The average molecular weight is 291 g/mol. The van der Waals surface area contributed by atoms with E-state index in [2.05, 4.69) is 5.32 Å². The highest BCUT2D eigenvalue weighted by molar-refractivity contribution is 5.85. The molecule has 0 bridgehead atoms. The molecule has 1 aliphatic heterocycles. The summed E-state index contributed by atoms with van der Waals surface area (Å²) in [6.07, 6.45) is 8.55. The third-order valence-corrected chi connectivity index (χ3v) is 4.17. The van der Waals surface area contributed by atoms with Crippen molar-refractivity contribution in [2.75, 3.05) is 26.7 Å². The standard InChI is InChI=1S/C14H26N2O2.ClH/c1-16(12-7-5-3-2-4-6-8-12)14(17)13-11-15-9-10-18-13;/h12-13,15H,2-11H2,1H3;1H. The molecule has 1 aliphatic carbocycles. The molecule has 0 aromatic heterocycles. The Morgan fingerprint density at radius 3 is 2.37 bits per heavy atom. The van der Waals surface area contributed by atoms with Gasteiger partial charge in [0.2, 0.25) is 0 Å². The van der Waals surface area contributed by atoms with Crippen molar-refractivity contribution in [1.82, 2.24) is 10.2 Å². The zero-order valence-corrected chi connectivity index (χ0v) is 12.7. The quantitative estimate of drug-likeness (QED) is 0.845. The SMILES string of the molecule is CN(C(=O)C1CNCCO1)C1CCCCCCC1.Cl. The van der Waals surface area contributed by atoms with Crippen LogP contribution in [0.3, 0.4) is 0 Å². The van der Waals surface area contributed by atoms with E-state index in [0.29, 0.717) is 19.2 Å². The number of amides is 1. The summed E-state index contributed by atoms with van der Waals surface area (Å²) < 4.78 is 5.55. The lowest BCUT2D eigenvalue weighted by Crippen LogP contribution is -2.51. The monoisotopic (exact) mass is 290 g/mol. The van der Waals surface area contributed by atoms with Crippen LogP contribution in [-0.2, 0) is 9.53 Å². The van der Waals surface area contributed by atoms with Crippen LogP contribution in [0.15, 0.2) is 0 Å². The van der Waals surface area contributed by atoms with Crippen molar-refractivity contribution in [2.24, 2.45) is 0 Å². The van der Waals surface area contributed by atoms with E-state index in [1.807, 2.05) is 11.9 Å². The van der Waals surface area contributed by atoms with E-state index in [1.54, 1.807) is 0 Å². The van der Waals surface area contributed by atoms with Gasteiger partial charge in [-0.25, -0.2) is 0 Å². The van der Waals surface area contributed by atoms with E-state index in [0.717, 1.165) is 19.4 Å². The zero-order valence-electron chi connectivity index (χ0n) is 11.9. The van der Waals surface area contributed by atoms with E-state index in [-0.39, 0.29) is 24.4 Å². The van der Waals surface area contributed by atoms with Crippen molar-refractivity contribution in [1.29, 1.82) is 0 Å². The Morgan fingerprint density at radius 1 is 1.16 bits per heavy atom. The Kier molecular flexibility index (Phi) is 7.73. The van der Waals surface area contributed by atoms with Crippen molar-refractivity contribution in [3.63, 3.8) is 0 Å². The first kappa shape index (κ1) is 16.7. The van der Waals surface area contributed by atoms with Crippen LogP contribution in [-0.4, -0.2) is 49.7 Å². The van der Waals surface area contributed by atoms with Gasteiger partial charge in [0.25, 0.3) is 5.91 Å². The third kappa shape index (κ3) is 4.93. The van der Waals surface area contributed by atoms with Gasteiger partial charge in [-0.15, -0.1) is 12.4 Å². The van der Waals surface area contributed by atoms with E-state index >= 15 is 0 Å². The first-order valence-electron chi connectivity index (χ1n) is 7.38. The van der Waals surface area contributed by atoms with Crippen LogP contribution in [0.4, 0.5) is 0 Å². The Morgan fingerprint density at radius 2 is 1.79 bits per heavy atom. The smallest absolute Gasteiger partial charge is 0.253 e. The number of hydrogen-bond donors (Lipinski definition) is 1. The normalized spacial score (nSPS) is 25.8. The van der Waals surface area contributed by atoms with Crippen LogP contribution < -0.4 is 5.32 Å². The van der Waals surface area contributed by atoms with Crippen LogP contribution in [0.5, 0.6) is 0 Å². The lowest BCUT2D eigenvalue weighted by molar-refractivity contribution is -0.146. The maximum absolute atomic E-state index is 12.4. The highest BCUT2D eigenvalue weighted by Gasteiger charge is 2.28. The molecular weight excluding hydrogens is 264 g/mol. The summed E-state index contributed by atoms with van der Waals surface area (Å²) in [6, 6.07) is 0.420. The molecule has 4 nitrogen and oxygen atoms in total. The van der Waals surface area contributed by atoms with Gasteiger partial charge < -0.3 is 15.0 Å². The molecule has 2 aliphatic rings. The summed E-state index contributed by atoms with van der Waals surface area (Å²) in [5, 5.41) is 3.22. The molecule has 1 amide bonds. The molecule has 5 heteroatoms. The fraction of sp³-hybridized carbons (Fsp3) is 0.929. The fourth-order valence-corrected chi connectivity index (χ4v) is 2.95. The Balaban J connectivity index is 0.00000180. The van der Waals surface area contributed by atoms with Crippen LogP contribution in [0.2, 0.25) is 0 Å². The van der Waals surface area contributed by atoms with Gasteiger partial charge in [0.05, 0.1) is 6.61 Å². The number of rotatable bonds is 2. The number of halogens is 1. The van der Waals surface area contributed by atoms with Crippen molar-refractivity contribution in [2.45, 2.75) is 57.1 Å². The van der Waals surface area contributed by atoms with Crippen molar-refractivity contribution < 1.29 is 9.53 Å². The maximum atomic E-state index is 12.4. The highest BCUT2D eigenvalue weighted by atomic mass is 35.5. The Hall–Kier alpha value is -0.320. The van der Waals surface area contributed by atoms with Crippen LogP contribution in [0.1, 0.15) is 44.9 Å². The largest absolute Gasteiger partial charge is 0.366 e. The number of nitrogens with one attached hydrogen (secondary N) is 1. The Bertz CT molecular complexity index is 262. The van der Waals surface area contributed by atoms with Crippen molar-refractivity contribution in [3.8, 4) is 0 Å². The first-order chi connectivity index (χ1) is 8.79. The molecule has 1 unspecified atom stereocenters. The van der Waals surface area contributed by atoms with E-state index in [9.17, 15) is 4.79 Å². The summed E-state index contributed by atoms with van der Waals surface area (Å²) in [5.74, 6) is 0.160. The minimum atomic E-state index is -0.269. The molecule has 1 atom stereocenters. The number of carbonyl (C=O) groups is 1. The predicted molar refractivity (Wildman–Crippen MR) is 78.7 cm³/mol. The summed E-state index contributed by atoms with van der Waals surface area (Å²) in [6.45, 7) is 2.17. The van der Waals surface area contributed by atoms with Gasteiger partial charge in [-0.05, 0) is 12.8 Å². The molecule has 2 rings (SSSR count). The number of ether oxygens (including phenoxy) is 1. The fourth-order valence-electron chi connectivity index (χ4n) is 2.95. The molecule has 2 fully saturated rings. The van der Waals surface area contributed by atoms with E-state index in [4.69, 9.17) is 4.74 Å². The second-order valence-electron chi connectivity index (χ2n) is 5.51. The number of carbonyl (C=O) groups excluding carboxylic acids is 1. The maximum Gasteiger partial charge on any atom is 0.253 e. The minimum absolute atomic E-state index is 0. The predicted octanol–water partition coefficient (Wildman–Crippen LogP) is 1.97. The number of likely N-dealkylation sites (N-methyl/N-ethyl adjacent to an activating group) is 1. The second kappa shape index (κ2) is 8.77. The number of nitrogens with zero attached hydrogens (tertiary/aromatic N) is 1. The first-order valence-corrected chi connectivity index (χ1v) is 7.38. The van der Waals surface area contributed by atoms with E-state index in [1.165, 1.54) is 32.1 Å². The van der Waals surface area contributed by atoms with Gasteiger partial charge in [-0.1, -0.05) is 32.1 Å². The van der Waals surface area contributed by atoms with Gasteiger partial charge in [0, 0.05) is 26.2 Å². The van der Waals surface area contributed by atoms with E-state index < -0.39 is 0 Å². The molecule has 1 N–H and O–H groups in total. The van der Waals surface area contributed by atoms with Crippen molar-refractivity contribution in [3.05, 3.63) is 0 Å². The molecule has 0 aromatic carbocycles. The van der Waals surface area contributed by atoms with Crippen LogP contribution in [0, 0.1) is 0 Å². The molecule has 0 radical (unpaired) electrons. The molecule has 1 heterocycles. The minimum Gasteiger partial charge on any atom is -0.366 e. The van der Waals surface area contributed by atoms with Gasteiger partial charge in [0.1, 0.15) is 6.10 Å². The molecule has 19 heavy (non-hydrogen) atoms. The third-order valence-electron chi connectivity index (χ3n) is 4.17. The van der Waals surface area contributed by atoms with Gasteiger partial charge >= 0.3 is 0 Å². The van der Waals surface area contributed by atoms with Crippen LogP contribution in [0.25, 0.3) is 0 Å². The zero-order chi connectivity index (χ0) is 12.8. The molecular formula is C14H27ClN2O2. The summed E-state index contributed by atoms with van der Waals surface area (Å²) in [7, 11) is 1.95. The number of hydrogen-bond acceptors (Lipinski definition) is 3. The second-order valence-corrected chi connectivity index (χ2v) is 5.51. The molecule has 112 valence electrons. The molecule has 0 spiro atoms. The average Bonchev–Trinajstić information content (AvgIpc) is 2.38. The summed E-state index contributed by atoms with van der Waals surface area (Å²) in [5.41, 5.74) is 0. The van der Waals surface area contributed by atoms with Gasteiger partial charge in [-0.2, -0.15) is 0 Å². The highest BCUT2D eigenvalue weighted by Crippen LogP contribution is 2.21. The van der Waals surface area contributed by atoms with Crippen molar-refractivity contribution >= 4 is 18.3 Å². The lowest BCUT2D eigenvalue weighted by Gasteiger charge is -2.33. The lowest BCUT2D eigenvalue weighted by atomic mass is 9.95. The topological polar surface area (TPSA) is 41.6 Å². The van der Waals surface area contributed by atoms with Gasteiger partial charge in [-0.3, -0.25) is 4.79 Å². The van der Waals surface area contributed by atoms with Crippen LogP contribution >= 0.6 is 12.4 Å². The summed E-state index contributed by atoms with van der Waals surface area (Å²) in [4.78, 5) is 14.3. The molecule has 0 aromatic rings. The number of morpholine rings is 1. The Labute approximate surface area is 122 Å².